The minimum absolute atomic E-state index is 0.0983. The second-order valence-electron chi connectivity index (χ2n) is 4.57. The molecule has 3 nitrogen and oxygen atoms in total. The summed E-state index contributed by atoms with van der Waals surface area (Å²) in [5.41, 5.74) is 2.16. The molecule has 0 aliphatic heterocycles. The van der Waals surface area contributed by atoms with Crippen molar-refractivity contribution in [3.8, 4) is 0 Å². The maximum atomic E-state index is 9.00. The fourth-order valence-electron chi connectivity index (χ4n) is 1.73. The number of nitrogens with zero attached hydrogens (tertiary/aromatic N) is 1. The predicted molar refractivity (Wildman–Crippen MR) is 84.9 cm³/mol. The van der Waals surface area contributed by atoms with Crippen LogP contribution < -0.4 is 5.32 Å². The number of pyridine rings is 1. The Hall–Kier alpha value is -1.52. The first kappa shape index (κ1) is 14.9. The summed E-state index contributed by atoms with van der Waals surface area (Å²) in [6.45, 7) is 3.19. The van der Waals surface area contributed by atoms with Crippen molar-refractivity contribution < 1.29 is 5.11 Å². The molecule has 0 radical (unpaired) electrons. The summed E-state index contributed by atoms with van der Waals surface area (Å²) in [4.78, 5) is 5.60. The second-order valence-corrected chi connectivity index (χ2v) is 5.62. The Bertz CT molecular complexity index is 511. The lowest BCUT2D eigenvalue weighted by Crippen LogP contribution is -2.01. The number of hydrogen-bond donors (Lipinski definition) is 2. The largest absolute Gasteiger partial charge is 0.392 e. The number of thioether (sulfide) groups is 1. The molecular weight excluding hydrogens is 268 g/mol. The summed E-state index contributed by atoms with van der Waals surface area (Å²) in [5.74, 6) is 1.84. The average Bonchev–Trinajstić information content (AvgIpc) is 2.52. The molecular formula is C16H20N2OS. The van der Waals surface area contributed by atoms with E-state index in [-0.39, 0.29) is 6.61 Å². The fourth-order valence-corrected chi connectivity index (χ4v) is 2.56. The van der Waals surface area contributed by atoms with Crippen molar-refractivity contribution >= 4 is 17.6 Å². The van der Waals surface area contributed by atoms with Gasteiger partial charge in [0.1, 0.15) is 5.82 Å². The molecule has 2 rings (SSSR count). The molecule has 20 heavy (non-hydrogen) atoms. The maximum Gasteiger partial charge on any atom is 0.125 e. The summed E-state index contributed by atoms with van der Waals surface area (Å²) in [6.07, 6.45) is 3.02. The van der Waals surface area contributed by atoms with Crippen LogP contribution in [0.1, 0.15) is 24.5 Å². The SMILES string of the molecule is CCCNc1ccc(CSc2ccc(CO)cc2)cn1. The second kappa shape index (κ2) is 7.92. The summed E-state index contributed by atoms with van der Waals surface area (Å²) in [5, 5.41) is 12.3. The van der Waals surface area contributed by atoms with Crippen molar-refractivity contribution in [1.29, 1.82) is 0 Å². The number of aromatic nitrogens is 1. The van der Waals surface area contributed by atoms with E-state index in [2.05, 4.69) is 23.3 Å². The molecule has 0 amide bonds. The molecule has 1 aromatic heterocycles. The van der Waals surface area contributed by atoms with Gasteiger partial charge in [0.15, 0.2) is 0 Å². The minimum Gasteiger partial charge on any atom is -0.392 e. The van der Waals surface area contributed by atoms with Crippen molar-refractivity contribution in [2.75, 3.05) is 11.9 Å². The lowest BCUT2D eigenvalue weighted by molar-refractivity contribution is 0.282. The van der Waals surface area contributed by atoms with Crippen LogP contribution >= 0.6 is 11.8 Å². The Morgan fingerprint density at radius 1 is 1.10 bits per heavy atom. The Morgan fingerprint density at radius 2 is 1.85 bits per heavy atom. The zero-order valence-electron chi connectivity index (χ0n) is 11.7. The number of rotatable bonds is 7. The van der Waals surface area contributed by atoms with Gasteiger partial charge >= 0.3 is 0 Å². The zero-order valence-corrected chi connectivity index (χ0v) is 12.5. The van der Waals surface area contributed by atoms with Gasteiger partial charge in [-0.2, -0.15) is 0 Å². The van der Waals surface area contributed by atoms with Gasteiger partial charge in [-0.3, -0.25) is 0 Å². The van der Waals surface area contributed by atoms with Crippen LogP contribution in [0.15, 0.2) is 47.5 Å². The Balaban J connectivity index is 1.86. The van der Waals surface area contributed by atoms with Crippen molar-refractivity contribution in [3.63, 3.8) is 0 Å². The van der Waals surface area contributed by atoms with Gasteiger partial charge in [-0.15, -0.1) is 11.8 Å². The normalized spacial score (nSPS) is 10.5. The number of aliphatic hydroxyl groups is 1. The molecule has 0 saturated carbocycles. The quantitative estimate of drug-likeness (QED) is 0.763. The molecule has 0 unspecified atom stereocenters. The molecule has 0 bridgehead atoms. The van der Waals surface area contributed by atoms with Crippen LogP contribution in [0, 0.1) is 0 Å². The molecule has 1 heterocycles. The van der Waals surface area contributed by atoms with Crippen molar-refractivity contribution in [3.05, 3.63) is 53.7 Å². The van der Waals surface area contributed by atoms with Crippen LogP contribution in [0.4, 0.5) is 5.82 Å². The molecule has 0 atom stereocenters. The number of benzene rings is 1. The van der Waals surface area contributed by atoms with Crippen LogP contribution in [0.5, 0.6) is 0 Å². The summed E-state index contributed by atoms with van der Waals surface area (Å²) < 4.78 is 0. The topological polar surface area (TPSA) is 45.1 Å². The molecule has 2 aromatic rings. The van der Waals surface area contributed by atoms with Crippen LogP contribution in [0.2, 0.25) is 0 Å². The standard InChI is InChI=1S/C16H20N2OS/c1-2-9-17-16-8-5-14(10-18-16)12-20-15-6-3-13(11-19)4-7-15/h3-8,10,19H,2,9,11-12H2,1H3,(H,17,18). The van der Waals surface area contributed by atoms with Gasteiger partial charge in [0, 0.05) is 23.4 Å². The van der Waals surface area contributed by atoms with E-state index in [0.29, 0.717) is 0 Å². The summed E-state index contributed by atoms with van der Waals surface area (Å²) in [6, 6.07) is 12.1. The predicted octanol–water partition coefficient (Wildman–Crippen LogP) is 3.69. The van der Waals surface area contributed by atoms with Crippen molar-refractivity contribution in [2.45, 2.75) is 30.6 Å². The van der Waals surface area contributed by atoms with E-state index >= 15 is 0 Å². The Morgan fingerprint density at radius 3 is 2.45 bits per heavy atom. The van der Waals surface area contributed by atoms with Gasteiger partial charge in [0.25, 0.3) is 0 Å². The van der Waals surface area contributed by atoms with E-state index in [9.17, 15) is 0 Å². The molecule has 0 spiro atoms. The van der Waals surface area contributed by atoms with Gasteiger partial charge < -0.3 is 10.4 Å². The highest BCUT2D eigenvalue weighted by Crippen LogP contribution is 2.23. The van der Waals surface area contributed by atoms with E-state index in [4.69, 9.17) is 5.11 Å². The number of aliphatic hydroxyl groups excluding tert-OH is 1. The fraction of sp³-hybridized carbons (Fsp3) is 0.312. The Kier molecular flexibility index (Phi) is 5.89. The maximum absolute atomic E-state index is 9.00. The van der Waals surface area contributed by atoms with Crippen LogP contribution in [0.25, 0.3) is 0 Å². The third kappa shape index (κ3) is 4.54. The molecule has 106 valence electrons. The molecule has 4 heteroatoms. The Labute approximate surface area is 124 Å². The van der Waals surface area contributed by atoms with Crippen LogP contribution in [-0.4, -0.2) is 16.6 Å². The highest BCUT2D eigenvalue weighted by Gasteiger charge is 1.99. The van der Waals surface area contributed by atoms with Crippen LogP contribution in [-0.2, 0) is 12.4 Å². The molecule has 0 aliphatic carbocycles. The first-order valence-electron chi connectivity index (χ1n) is 6.83. The lowest BCUT2D eigenvalue weighted by atomic mass is 10.2. The minimum atomic E-state index is 0.0983. The van der Waals surface area contributed by atoms with Crippen molar-refractivity contribution in [1.82, 2.24) is 4.98 Å². The highest BCUT2D eigenvalue weighted by atomic mass is 32.2. The average molecular weight is 288 g/mol. The lowest BCUT2D eigenvalue weighted by Gasteiger charge is -2.06. The molecule has 1 aromatic carbocycles. The first-order valence-corrected chi connectivity index (χ1v) is 7.81. The van der Waals surface area contributed by atoms with Gasteiger partial charge in [0.2, 0.25) is 0 Å². The number of hydrogen-bond acceptors (Lipinski definition) is 4. The first-order chi connectivity index (χ1) is 9.81. The van der Waals surface area contributed by atoms with Gasteiger partial charge in [0.05, 0.1) is 6.61 Å². The van der Waals surface area contributed by atoms with E-state index < -0.39 is 0 Å². The van der Waals surface area contributed by atoms with E-state index in [1.54, 1.807) is 11.8 Å². The van der Waals surface area contributed by atoms with Crippen molar-refractivity contribution in [2.24, 2.45) is 0 Å². The van der Waals surface area contributed by atoms with E-state index in [1.807, 2.05) is 36.5 Å². The zero-order chi connectivity index (χ0) is 14.2. The van der Waals surface area contributed by atoms with E-state index in [1.165, 1.54) is 10.5 Å². The highest BCUT2D eigenvalue weighted by molar-refractivity contribution is 7.98. The molecule has 2 N–H and O–H groups in total. The van der Waals surface area contributed by atoms with Gasteiger partial charge in [-0.1, -0.05) is 25.1 Å². The molecule has 0 fully saturated rings. The van der Waals surface area contributed by atoms with Gasteiger partial charge in [-0.05, 0) is 35.7 Å². The molecule has 0 saturated heterocycles. The monoisotopic (exact) mass is 288 g/mol. The summed E-state index contributed by atoms with van der Waals surface area (Å²) >= 11 is 1.77. The third-order valence-corrected chi connectivity index (χ3v) is 3.98. The smallest absolute Gasteiger partial charge is 0.125 e. The third-order valence-electron chi connectivity index (χ3n) is 2.89. The van der Waals surface area contributed by atoms with Crippen LogP contribution in [0.3, 0.4) is 0 Å². The van der Waals surface area contributed by atoms with E-state index in [0.717, 1.165) is 30.1 Å². The summed E-state index contributed by atoms with van der Waals surface area (Å²) in [7, 11) is 0. The molecule has 0 aliphatic rings. The number of anilines is 1. The number of nitrogens with one attached hydrogen (secondary N) is 1. The van der Waals surface area contributed by atoms with Gasteiger partial charge in [-0.25, -0.2) is 4.98 Å².